The normalized spacial score (nSPS) is 24.1. The van der Waals surface area contributed by atoms with E-state index in [1.54, 1.807) is 6.92 Å². The summed E-state index contributed by atoms with van der Waals surface area (Å²) in [6.07, 6.45) is 2.39. The Balaban J connectivity index is 2.49. The third kappa shape index (κ3) is 5.36. The zero-order chi connectivity index (χ0) is 15.3. The molecule has 0 radical (unpaired) electrons. The average Bonchev–Trinajstić information content (AvgIpc) is 2.72. The van der Waals surface area contributed by atoms with Gasteiger partial charge >= 0.3 is 12.1 Å². The number of nitrogens with one attached hydrogen (secondary N) is 2. The largest absolute Gasteiger partial charge is 0.468 e. The Morgan fingerprint density at radius 2 is 1.80 bits per heavy atom. The molecule has 20 heavy (non-hydrogen) atoms. The molecular formula is C14H26N2O4. The maximum atomic E-state index is 11.8. The Bertz CT molecular complexity index is 352. The summed E-state index contributed by atoms with van der Waals surface area (Å²) in [6, 6.07) is -0.334. The predicted molar refractivity (Wildman–Crippen MR) is 75.4 cm³/mol. The second-order valence-electron chi connectivity index (χ2n) is 6.20. The molecule has 0 aromatic carbocycles. The van der Waals surface area contributed by atoms with Crippen LogP contribution in [0.4, 0.5) is 4.79 Å². The number of carbonyl (C=O) groups excluding carboxylic acids is 2. The van der Waals surface area contributed by atoms with Crippen LogP contribution in [0.25, 0.3) is 0 Å². The van der Waals surface area contributed by atoms with E-state index in [2.05, 4.69) is 10.6 Å². The highest BCUT2D eigenvalue weighted by molar-refractivity contribution is 5.75. The summed E-state index contributed by atoms with van der Waals surface area (Å²) in [6.45, 7) is 7.25. The summed E-state index contributed by atoms with van der Waals surface area (Å²) in [5.74, 6) is -0.298. The predicted octanol–water partition coefficient (Wildman–Crippen LogP) is 1.58. The summed E-state index contributed by atoms with van der Waals surface area (Å²) in [7, 11) is 1.37. The minimum atomic E-state index is -0.509. The fraction of sp³-hybridized carbons (Fsp3) is 0.857. The lowest BCUT2D eigenvalue weighted by Crippen LogP contribution is -2.52. The molecule has 0 heterocycles. The number of methoxy groups -OCH3 is 1. The molecule has 1 rings (SSSR count). The second-order valence-corrected chi connectivity index (χ2v) is 6.20. The molecule has 3 atom stereocenters. The molecule has 0 spiro atoms. The van der Waals surface area contributed by atoms with Crippen LogP contribution in [0.3, 0.4) is 0 Å². The van der Waals surface area contributed by atoms with Gasteiger partial charge in [-0.15, -0.1) is 0 Å². The van der Waals surface area contributed by atoms with Crippen molar-refractivity contribution in [1.82, 2.24) is 10.6 Å². The van der Waals surface area contributed by atoms with Crippen molar-refractivity contribution in [2.45, 2.75) is 70.7 Å². The summed E-state index contributed by atoms with van der Waals surface area (Å²) >= 11 is 0. The van der Waals surface area contributed by atoms with Crippen molar-refractivity contribution in [3.63, 3.8) is 0 Å². The number of amides is 1. The highest BCUT2D eigenvalue weighted by atomic mass is 16.6. The van der Waals surface area contributed by atoms with E-state index in [0.29, 0.717) is 0 Å². The molecular weight excluding hydrogens is 260 g/mol. The number of esters is 1. The first kappa shape index (κ1) is 16.8. The summed E-state index contributed by atoms with van der Waals surface area (Å²) < 4.78 is 9.94. The molecule has 1 fully saturated rings. The first-order valence-electron chi connectivity index (χ1n) is 7.06. The second kappa shape index (κ2) is 6.92. The highest BCUT2D eigenvalue weighted by Gasteiger charge is 2.32. The fourth-order valence-corrected chi connectivity index (χ4v) is 2.36. The van der Waals surface area contributed by atoms with Crippen LogP contribution >= 0.6 is 0 Å². The van der Waals surface area contributed by atoms with Crippen molar-refractivity contribution >= 4 is 12.1 Å². The van der Waals surface area contributed by atoms with Gasteiger partial charge < -0.3 is 14.8 Å². The molecule has 1 amide bonds. The molecule has 3 unspecified atom stereocenters. The molecule has 0 aromatic heterocycles. The Hall–Kier alpha value is -1.30. The van der Waals surface area contributed by atoms with Gasteiger partial charge in [0.15, 0.2) is 0 Å². The van der Waals surface area contributed by atoms with Crippen LogP contribution in [0.1, 0.15) is 47.0 Å². The van der Waals surface area contributed by atoms with Crippen LogP contribution < -0.4 is 10.6 Å². The molecule has 6 nitrogen and oxygen atoms in total. The number of hydrogen-bond donors (Lipinski definition) is 2. The van der Waals surface area contributed by atoms with Gasteiger partial charge in [0.05, 0.1) is 7.11 Å². The van der Waals surface area contributed by atoms with E-state index in [1.807, 2.05) is 20.8 Å². The molecule has 1 aliphatic rings. The van der Waals surface area contributed by atoms with Gasteiger partial charge in [-0.2, -0.15) is 0 Å². The van der Waals surface area contributed by atoms with Gasteiger partial charge in [0.25, 0.3) is 0 Å². The Kier molecular flexibility index (Phi) is 5.80. The van der Waals surface area contributed by atoms with E-state index in [0.717, 1.165) is 19.3 Å². The SMILES string of the molecule is COC(=O)C(C)NC1CCCC1NC(=O)OC(C)(C)C. The van der Waals surface area contributed by atoms with E-state index < -0.39 is 11.7 Å². The van der Waals surface area contributed by atoms with Crippen LogP contribution in [-0.2, 0) is 14.3 Å². The van der Waals surface area contributed by atoms with Crippen LogP contribution in [0.15, 0.2) is 0 Å². The standard InChI is InChI=1S/C14H26N2O4/c1-9(12(17)19-5)15-10-7-6-8-11(10)16-13(18)20-14(2,3)4/h9-11,15H,6-8H2,1-5H3,(H,16,18). The van der Waals surface area contributed by atoms with Crippen molar-refractivity contribution < 1.29 is 19.1 Å². The van der Waals surface area contributed by atoms with Crippen LogP contribution in [0.5, 0.6) is 0 Å². The van der Waals surface area contributed by atoms with Gasteiger partial charge in [0.2, 0.25) is 0 Å². The van der Waals surface area contributed by atoms with Gasteiger partial charge in [-0.3, -0.25) is 10.1 Å². The number of carbonyl (C=O) groups is 2. The highest BCUT2D eigenvalue weighted by Crippen LogP contribution is 2.20. The Labute approximate surface area is 120 Å². The lowest BCUT2D eigenvalue weighted by Gasteiger charge is -2.26. The van der Waals surface area contributed by atoms with Crippen LogP contribution in [0, 0.1) is 0 Å². The Morgan fingerprint density at radius 3 is 2.35 bits per heavy atom. The van der Waals surface area contributed by atoms with E-state index in [-0.39, 0.29) is 24.1 Å². The maximum Gasteiger partial charge on any atom is 0.407 e. The van der Waals surface area contributed by atoms with E-state index in [1.165, 1.54) is 7.11 Å². The first-order valence-corrected chi connectivity index (χ1v) is 7.06. The molecule has 1 saturated carbocycles. The van der Waals surface area contributed by atoms with Crippen LogP contribution in [-0.4, -0.2) is 42.9 Å². The van der Waals surface area contributed by atoms with Gasteiger partial charge in [-0.25, -0.2) is 4.79 Å². The molecule has 116 valence electrons. The quantitative estimate of drug-likeness (QED) is 0.767. The zero-order valence-electron chi connectivity index (χ0n) is 13.0. The van der Waals surface area contributed by atoms with E-state index >= 15 is 0 Å². The zero-order valence-corrected chi connectivity index (χ0v) is 13.0. The fourth-order valence-electron chi connectivity index (χ4n) is 2.36. The van der Waals surface area contributed by atoms with Crippen molar-refractivity contribution in [1.29, 1.82) is 0 Å². The minimum absolute atomic E-state index is 0.0167. The third-order valence-electron chi connectivity index (χ3n) is 3.24. The Morgan fingerprint density at radius 1 is 1.20 bits per heavy atom. The number of alkyl carbamates (subject to hydrolysis) is 1. The van der Waals surface area contributed by atoms with Gasteiger partial charge in [-0.05, 0) is 47.0 Å². The molecule has 0 aromatic rings. The third-order valence-corrected chi connectivity index (χ3v) is 3.24. The van der Waals surface area contributed by atoms with Gasteiger partial charge in [-0.1, -0.05) is 0 Å². The van der Waals surface area contributed by atoms with Crippen molar-refractivity contribution in [3.05, 3.63) is 0 Å². The molecule has 2 N–H and O–H groups in total. The van der Waals surface area contributed by atoms with Crippen molar-refractivity contribution in [2.75, 3.05) is 7.11 Å². The van der Waals surface area contributed by atoms with Crippen molar-refractivity contribution in [3.8, 4) is 0 Å². The molecule has 0 aliphatic heterocycles. The topological polar surface area (TPSA) is 76.7 Å². The molecule has 1 aliphatic carbocycles. The van der Waals surface area contributed by atoms with E-state index in [4.69, 9.17) is 9.47 Å². The molecule has 0 saturated heterocycles. The van der Waals surface area contributed by atoms with Gasteiger partial charge in [0.1, 0.15) is 11.6 Å². The average molecular weight is 286 g/mol. The minimum Gasteiger partial charge on any atom is -0.468 e. The number of rotatable bonds is 4. The lowest BCUT2D eigenvalue weighted by atomic mass is 10.1. The summed E-state index contributed by atoms with van der Waals surface area (Å²) in [5, 5.41) is 6.08. The number of hydrogen-bond acceptors (Lipinski definition) is 5. The van der Waals surface area contributed by atoms with E-state index in [9.17, 15) is 9.59 Å². The smallest absolute Gasteiger partial charge is 0.407 e. The number of ether oxygens (including phenoxy) is 2. The van der Waals surface area contributed by atoms with Crippen molar-refractivity contribution in [2.24, 2.45) is 0 Å². The lowest BCUT2D eigenvalue weighted by molar-refractivity contribution is -0.142. The summed E-state index contributed by atoms with van der Waals surface area (Å²) in [4.78, 5) is 23.2. The van der Waals surface area contributed by atoms with Crippen LogP contribution in [0.2, 0.25) is 0 Å². The first-order chi connectivity index (χ1) is 9.23. The summed E-state index contributed by atoms with van der Waals surface area (Å²) in [5.41, 5.74) is -0.509. The monoisotopic (exact) mass is 286 g/mol. The maximum absolute atomic E-state index is 11.8. The molecule has 6 heteroatoms. The molecule has 0 bridgehead atoms. The van der Waals surface area contributed by atoms with Gasteiger partial charge in [0, 0.05) is 12.1 Å².